The van der Waals surface area contributed by atoms with Crippen LogP contribution in [0.25, 0.3) is 0 Å². The molecule has 0 bridgehead atoms. The van der Waals surface area contributed by atoms with Crippen molar-refractivity contribution in [2.45, 2.75) is 12.6 Å². The average molecular weight is 219 g/mol. The van der Waals surface area contributed by atoms with Crippen LogP contribution in [-0.4, -0.2) is 30.2 Å². The summed E-state index contributed by atoms with van der Waals surface area (Å²) in [5, 5.41) is 0. The van der Waals surface area contributed by atoms with Crippen molar-refractivity contribution in [1.29, 1.82) is 0 Å². The van der Waals surface area contributed by atoms with Gasteiger partial charge in [0, 0.05) is 18.5 Å². The molecule has 16 heavy (non-hydrogen) atoms. The van der Waals surface area contributed by atoms with Crippen LogP contribution in [0.5, 0.6) is 0 Å². The third-order valence-corrected chi connectivity index (χ3v) is 2.66. The van der Waals surface area contributed by atoms with Crippen molar-refractivity contribution in [2.24, 2.45) is 0 Å². The summed E-state index contributed by atoms with van der Waals surface area (Å²) in [5.74, 6) is 0.190. The van der Waals surface area contributed by atoms with Crippen molar-refractivity contribution < 1.29 is 14.3 Å². The van der Waals surface area contributed by atoms with Crippen LogP contribution in [0.3, 0.4) is 0 Å². The molecule has 1 aliphatic heterocycles. The second-order valence-electron chi connectivity index (χ2n) is 3.75. The average Bonchev–Trinajstić information content (AvgIpc) is 2.74. The number of Topliss-reactive ketones (excluding diaryl/α,β-unsaturated/α-hetero) is 1. The van der Waals surface area contributed by atoms with Crippen molar-refractivity contribution >= 4 is 12.3 Å². The number of rotatable bonds is 4. The van der Waals surface area contributed by atoms with Crippen LogP contribution in [0.4, 0.5) is 0 Å². The van der Waals surface area contributed by atoms with Gasteiger partial charge in [0.25, 0.3) is 6.47 Å². The molecule has 0 aromatic heterocycles. The molecule has 0 N–H and O–H groups in total. The minimum Gasteiger partial charge on any atom is -0.444 e. The van der Waals surface area contributed by atoms with E-state index in [4.69, 9.17) is 4.74 Å². The zero-order valence-electron chi connectivity index (χ0n) is 8.83. The Labute approximate surface area is 93.8 Å². The van der Waals surface area contributed by atoms with Gasteiger partial charge in [-0.1, -0.05) is 30.3 Å². The van der Waals surface area contributed by atoms with Crippen molar-refractivity contribution in [3.05, 3.63) is 35.9 Å². The Bertz CT molecular complexity index is 377. The first-order valence-electron chi connectivity index (χ1n) is 5.21. The minimum absolute atomic E-state index is 0.190. The number of hydrogen-bond donors (Lipinski definition) is 0. The number of carbonyl (C=O) groups is 2. The molecule has 1 aliphatic rings. The number of ketones is 1. The highest BCUT2D eigenvalue weighted by molar-refractivity contribution is 5.82. The number of benzene rings is 1. The standard InChI is InChI=1S/C12H13NO3/c14-9-16-12(10-4-2-1-3-5-10)13-7-6-11(15)8-13/h1-5,9,12H,6-8H2. The number of likely N-dealkylation sites (tertiary alicyclic amines) is 1. The van der Waals surface area contributed by atoms with E-state index < -0.39 is 6.23 Å². The van der Waals surface area contributed by atoms with Crippen molar-refractivity contribution in [1.82, 2.24) is 4.90 Å². The molecule has 1 heterocycles. The fraction of sp³-hybridized carbons (Fsp3) is 0.333. The fourth-order valence-corrected chi connectivity index (χ4v) is 1.90. The quantitative estimate of drug-likeness (QED) is 0.712. The van der Waals surface area contributed by atoms with Gasteiger partial charge in [-0.15, -0.1) is 0 Å². The fourth-order valence-electron chi connectivity index (χ4n) is 1.90. The molecule has 1 saturated heterocycles. The zero-order valence-corrected chi connectivity index (χ0v) is 8.83. The molecule has 1 atom stereocenters. The molecule has 1 aromatic rings. The van der Waals surface area contributed by atoms with Crippen LogP contribution >= 0.6 is 0 Å². The molecule has 0 saturated carbocycles. The summed E-state index contributed by atoms with van der Waals surface area (Å²) in [4.78, 5) is 23.6. The Kier molecular flexibility index (Phi) is 3.31. The van der Waals surface area contributed by atoms with E-state index in [1.807, 2.05) is 35.2 Å². The van der Waals surface area contributed by atoms with Crippen LogP contribution < -0.4 is 0 Å². The highest BCUT2D eigenvalue weighted by Gasteiger charge is 2.28. The lowest BCUT2D eigenvalue weighted by Crippen LogP contribution is -2.28. The summed E-state index contributed by atoms with van der Waals surface area (Å²) in [6, 6.07) is 9.44. The molecule has 1 fully saturated rings. The first kappa shape index (κ1) is 10.8. The lowest BCUT2D eigenvalue weighted by atomic mass is 10.2. The first-order chi connectivity index (χ1) is 7.81. The highest BCUT2D eigenvalue weighted by atomic mass is 16.5. The molecule has 4 nitrogen and oxygen atoms in total. The summed E-state index contributed by atoms with van der Waals surface area (Å²) in [5.41, 5.74) is 0.893. The SMILES string of the molecule is O=COC(c1ccccc1)N1CCC(=O)C1. The zero-order chi connectivity index (χ0) is 11.4. The van der Waals surface area contributed by atoms with Gasteiger partial charge < -0.3 is 4.74 Å². The predicted octanol–water partition coefficient (Wildman–Crippen LogP) is 1.13. The lowest BCUT2D eigenvalue weighted by Gasteiger charge is -2.24. The number of nitrogens with zero attached hydrogens (tertiary/aromatic N) is 1. The van der Waals surface area contributed by atoms with Gasteiger partial charge in [0.15, 0.2) is 6.23 Å². The van der Waals surface area contributed by atoms with E-state index in [1.54, 1.807) is 0 Å². The summed E-state index contributed by atoms with van der Waals surface area (Å²) in [6.07, 6.45) is 0.0936. The lowest BCUT2D eigenvalue weighted by molar-refractivity contribution is -0.144. The highest BCUT2D eigenvalue weighted by Crippen LogP contribution is 2.24. The summed E-state index contributed by atoms with van der Waals surface area (Å²) >= 11 is 0. The van der Waals surface area contributed by atoms with E-state index in [1.165, 1.54) is 0 Å². The van der Waals surface area contributed by atoms with E-state index in [9.17, 15) is 9.59 Å². The van der Waals surface area contributed by atoms with E-state index in [2.05, 4.69) is 0 Å². The summed E-state index contributed by atoms with van der Waals surface area (Å²) < 4.78 is 5.05. The molecule has 0 amide bonds. The number of hydrogen-bond acceptors (Lipinski definition) is 4. The second kappa shape index (κ2) is 4.90. The smallest absolute Gasteiger partial charge is 0.294 e. The van der Waals surface area contributed by atoms with Gasteiger partial charge in [0.1, 0.15) is 5.78 Å². The van der Waals surface area contributed by atoms with Crippen molar-refractivity contribution in [3.63, 3.8) is 0 Å². The van der Waals surface area contributed by atoms with Crippen LogP contribution in [0.2, 0.25) is 0 Å². The molecular weight excluding hydrogens is 206 g/mol. The second-order valence-corrected chi connectivity index (χ2v) is 3.75. The molecule has 0 spiro atoms. The Morgan fingerprint density at radius 1 is 1.31 bits per heavy atom. The van der Waals surface area contributed by atoms with Crippen molar-refractivity contribution in [3.8, 4) is 0 Å². The maximum atomic E-state index is 11.2. The summed E-state index contributed by atoms with van der Waals surface area (Å²) in [7, 11) is 0. The molecule has 2 rings (SSSR count). The van der Waals surface area contributed by atoms with Crippen LogP contribution in [0.1, 0.15) is 18.2 Å². The van der Waals surface area contributed by atoms with E-state index in [-0.39, 0.29) is 5.78 Å². The normalized spacial score (nSPS) is 18.4. The molecule has 84 valence electrons. The summed E-state index contributed by atoms with van der Waals surface area (Å²) in [6.45, 7) is 1.43. The van der Waals surface area contributed by atoms with Gasteiger partial charge in [0.2, 0.25) is 0 Å². The van der Waals surface area contributed by atoms with Gasteiger partial charge in [-0.25, -0.2) is 0 Å². The molecule has 1 aromatic carbocycles. The largest absolute Gasteiger partial charge is 0.444 e. The van der Waals surface area contributed by atoms with Gasteiger partial charge in [-0.05, 0) is 0 Å². The van der Waals surface area contributed by atoms with E-state index >= 15 is 0 Å². The Morgan fingerprint density at radius 3 is 2.62 bits per heavy atom. The van der Waals surface area contributed by atoms with Gasteiger partial charge in [-0.2, -0.15) is 0 Å². The Balaban J connectivity index is 2.17. The van der Waals surface area contributed by atoms with E-state index in [0.717, 1.165) is 5.56 Å². The van der Waals surface area contributed by atoms with Gasteiger partial charge >= 0.3 is 0 Å². The van der Waals surface area contributed by atoms with Crippen LogP contribution in [0, 0.1) is 0 Å². The first-order valence-corrected chi connectivity index (χ1v) is 5.21. The van der Waals surface area contributed by atoms with Crippen molar-refractivity contribution in [2.75, 3.05) is 13.1 Å². The predicted molar refractivity (Wildman–Crippen MR) is 57.5 cm³/mol. The maximum Gasteiger partial charge on any atom is 0.294 e. The third-order valence-electron chi connectivity index (χ3n) is 2.66. The van der Waals surface area contributed by atoms with Gasteiger partial charge in [-0.3, -0.25) is 14.5 Å². The maximum absolute atomic E-state index is 11.2. The number of carbonyl (C=O) groups excluding carboxylic acids is 2. The third kappa shape index (κ3) is 2.28. The Morgan fingerprint density at radius 2 is 2.06 bits per heavy atom. The van der Waals surface area contributed by atoms with E-state index in [0.29, 0.717) is 26.0 Å². The van der Waals surface area contributed by atoms with Crippen LogP contribution in [-0.2, 0) is 14.3 Å². The van der Waals surface area contributed by atoms with Crippen LogP contribution in [0.15, 0.2) is 30.3 Å². The monoisotopic (exact) mass is 219 g/mol. The molecule has 1 unspecified atom stereocenters. The molecule has 0 aliphatic carbocycles. The Hall–Kier alpha value is -1.68. The molecule has 4 heteroatoms. The van der Waals surface area contributed by atoms with Gasteiger partial charge in [0.05, 0.1) is 6.54 Å². The minimum atomic E-state index is -0.440. The number of ether oxygens (including phenoxy) is 1. The molecular formula is C12H13NO3. The topological polar surface area (TPSA) is 46.6 Å². The molecule has 0 radical (unpaired) electrons.